The molecule has 4 nitrogen and oxygen atoms in total. The highest BCUT2D eigenvalue weighted by Crippen LogP contribution is 2.29. The van der Waals surface area contributed by atoms with E-state index in [9.17, 15) is 10.2 Å². The Bertz CT molecular complexity index is 382. The Kier molecular flexibility index (Phi) is 2.88. The van der Waals surface area contributed by atoms with Crippen molar-refractivity contribution >= 4 is 0 Å². The zero-order valence-electron chi connectivity index (χ0n) is 9.58. The van der Waals surface area contributed by atoms with E-state index in [1.165, 1.54) is 5.56 Å². The summed E-state index contributed by atoms with van der Waals surface area (Å²) < 4.78 is 0. The van der Waals surface area contributed by atoms with Crippen LogP contribution in [0.4, 0.5) is 0 Å². The first-order valence-corrected chi connectivity index (χ1v) is 6.15. The molecule has 5 atom stereocenters. The summed E-state index contributed by atoms with van der Waals surface area (Å²) in [6.45, 7) is 0.805. The van der Waals surface area contributed by atoms with Gasteiger partial charge in [-0.25, -0.2) is 0 Å². The van der Waals surface area contributed by atoms with Crippen molar-refractivity contribution in [1.29, 1.82) is 0 Å². The monoisotopic (exact) mass is 234 g/mol. The maximum atomic E-state index is 9.80. The molecular weight excluding hydrogens is 216 g/mol. The molecule has 3 rings (SSSR count). The van der Waals surface area contributed by atoms with Crippen LogP contribution in [0.5, 0.6) is 0 Å². The predicted octanol–water partition coefficient (Wildman–Crippen LogP) is -0.389. The fraction of sp³-hybridized carbons (Fsp3) is 0.538. The molecule has 0 spiro atoms. The maximum Gasteiger partial charge on any atom is 0.0982 e. The molecule has 0 amide bonds. The summed E-state index contributed by atoms with van der Waals surface area (Å²) in [4.78, 5) is 0. The number of rotatable bonds is 3. The highest BCUT2D eigenvalue weighted by molar-refractivity contribution is 5.16. The molecule has 4 N–H and O–H groups in total. The van der Waals surface area contributed by atoms with Crippen LogP contribution in [0, 0.1) is 0 Å². The van der Waals surface area contributed by atoms with Crippen molar-refractivity contribution in [3.8, 4) is 0 Å². The van der Waals surface area contributed by atoms with Crippen molar-refractivity contribution in [3.63, 3.8) is 0 Å². The molecule has 17 heavy (non-hydrogen) atoms. The molecule has 2 aliphatic heterocycles. The molecular formula is C13H18N2O2. The Morgan fingerprint density at radius 3 is 2.59 bits per heavy atom. The van der Waals surface area contributed by atoms with Crippen molar-refractivity contribution in [2.75, 3.05) is 0 Å². The van der Waals surface area contributed by atoms with Crippen molar-refractivity contribution in [2.24, 2.45) is 0 Å². The third-order valence-electron chi connectivity index (χ3n) is 3.89. The molecule has 2 fully saturated rings. The molecule has 2 heterocycles. The largest absolute Gasteiger partial charge is 0.389 e. The summed E-state index contributed by atoms with van der Waals surface area (Å²) in [6, 6.07) is 10.5. The van der Waals surface area contributed by atoms with Gasteiger partial charge in [-0.2, -0.15) is 0 Å². The van der Waals surface area contributed by atoms with Crippen LogP contribution in [-0.4, -0.2) is 40.5 Å². The lowest BCUT2D eigenvalue weighted by molar-refractivity contribution is 0.00392. The average Bonchev–Trinajstić information content (AvgIpc) is 2.89. The van der Waals surface area contributed by atoms with Gasteiger partial charge in [0.25, 0.3) is 0 Å². The first kappa shape index (κ1) is 11.2. The van der Waals surface area contributed by atoms with Crippen LogP contribution >= 0.6 is 0 Å². The van der Waals surface area contributed by atoms with E-state index in [4.69, 9.17) is 0 Å². The summed E-state index contributed by atoms with van der Waals surface area (Å²) in [5.74, 6) is 0. The van der Waals surface area contributed by atoms with Crippen molar-refractivity contribution in [3.05, 3.63) is 35.9 Å². The topological polar surface area (TPSA) is 64.5 Å². The maximum absolute atomic E-state index is 9.80. The minimum absolute atomic E-state index is 0.0151. The van der Waals surface area contributed by atoms with Crippen molar-refractivity contribution in [1.82, 2.24) is 10.6 Å². The smallest absolute Gasteiger partial charge is 0.0982 e. The minimum Gasteiger partial charge on any atom is -0.389 e. The van der Waals surface area contributed by atoms with Gasteiger partial charge in [-0.05, 0) is 12.0 Å². The van der Waals surface area contributed by atoms with E-state index < -0.39 is 12.2 Å². The number of fused-ring (bicyclic) bond motifs is 2. The average molecular weight is 234 g/mol. The molecule has 4 heteroatoms. The van der Waals surface area contributed by atoms with E-state index >= 15 is 0 Å². The van der Waals surface area contributed by atoms with Gasteiger partial charge in [-0.15, -0.1) is 0 Å². The number of benzene rings is 1. The standard InChI is InChI=1S/C13H18N2O2/c16-12-10-6-9(11(15-10)13(12)17)14-7-8-4-2-1-3-5-8/h1-5,9-17H,6-7H2/t9-,10+,11-,12+,13-/m1/s1. The highest BCUT2D eigenvalue weighted by atomic mass is 16.3. The molecule has 2 saturated heterocycles. The van der Waals surface area contributed by atoms with E-state index in [1.807, 2.05) is 18.2 Å². The molecule has 2 aliphatic rings. The van der Waals surface area contributed by atoms with Crippen LogP contribution in [0.2, 0.25) is 0 Å². The zero-order chi connectivity index (χ0) is 11.8. The van der Waals surface area contributed by atoms with Crippen molar-refractivity contribution < 1.29 is 10.2 Å². The lowest BCUT2D eigenvalue weighted by atomic mass is 9.90. The molecule has 0 aliphatic carbocycles. The molecule has 2 bridgehead atoms. The number of aliphatic hydroxyl groups is 2. The first-order chi connectivity index (χ1) is 8.25. The molecule has 0 saturated carbocycles. The Hall–Kier alpha value is -0.940. The Morgan fingerprint density at radius 1 is 1.18 bits per heavy atom. The number of nitrogens with one attached hydrogen (secondary N) is 2. The van der Waals surface area contributed by atoms with Gasteiger partial charge in [0, 0.05) is 18.6 Å². The highest BCUT2D eigenvalue weighted by Gasteiger charge is 2.51. The summed E-state index contributed by atoms with van der Waals surface area (Å²) in [5, 5.41) is 26.2. The molecule has 0 aromatic heterocycles. The van der Waals surface area contributed by atoms with Crippen LogP contribution < -0.4 is 10.6 Å². The predicted molar refractivity (Wildman–Crippen MR) is 64.4 cm³/mol. The second-order valence-electron chi connectivity index (χ2n) is 4.99. The molecule has 1 aromatic carbocycles. The molecule has 0 unspecified atom stereocenters. The van der Waals surface area contributed by atoms with Gasteiger partial charge >= 0.3 is 0 Å². The second kappa shape index (κ2) is 4.38. The van der Waals surface area contributed by atoms with Gasteiger partial charge in [0.15, 0.2) is 0 Å². The summed E-state index contributed by atoms with van der Waals surface area (Å²) in [6.07, 6.45) is -0.354. The third kappa shape index (κ3) is 1.98. The fourth-order valence-electron chi connectivity index (χ4n) is 2.93. The van der Waals surface area contributed by atoms with Gasteiger partial charge in [0.2, 0.25) is 0 Å². The summed E-state index contributed by atoms with van der Waals surface area (Å²) >= 11 is 0. The molecule has 0 radical (unpaired) electrons. The third-order valence-corrected chi connectivity index (χ3v) is 3.89. The van der Waals surface area contributed by atoms with Gasteiger partial charge in [0.05, 0.1) is 18.2 Å². The fourth-order valence-corrected chi connectivity index (χ4v) is 2.93. The van der Waals surface area contributed by atoms with Gasteiger partial charge < -0.3 is 20.8 Å². The first-order valence-electron chi connectivity index (χ1n) is 6.15. The second-order valence-corrected chi connectivity index (χ2v) is 4.99. The van der Waals surface area contributed by atoms with E-state index in [-0.39, 0.29) is 18.1 Å². The zero-order valence-corrected chi connectivity index (χ0v) is 9.58. The van der Waals surface area contributed by atoms with Crippen LogP contribution in [-0.2, 0) is 6.54 Å². The summed E-state index contributed by atoms with van der Waals surface area (Å²) in [7, 11) is 0. The van der Waals surface area contributed by atoms with Gasteiger partial charge in [-0.3, -0.25) is 0 Å². The van der Waals surface area contributed by atoms with E-state index in [1.54, 1.807) is 0 Å². The van der Waals surface area contributed by atoms with Gasteiger partial charge in [0.1, 0.15) is 0 Å². The van der Waals surface area contributed by atoms with Crippen molar-refractivity contribution in [2.45, 2.75) is 43.3 Å². The van der Waals surface area contributed by atoms with E-state index in [0.29, 0.717) is 0 Å². The lowest BCUT2D eigenvalue weighted by Gasteiger charge is -2.28. The number of hydrogen-bond acceptors (Lipinski definition) is 4. The van der Waals surface area contributed by atoms with Gasteiger partial charge in [-0.1, -0.05) is 30.3 Å². The van der Waals surface area contributed by atoms with Crippen LogP contribution in [0.1, 0.15) is 12.0 Å². The molecule has 1 aromatic rings. The Labute approximate surface area is 101 Å². The Morgan fingerprint density at radius 2 is 1.94 bits per heavy atom. The normalized spacial score (nSPS) is 39.8. The number of hydrogen-bond donors (Lipinski definition) is 4. The van der Waals surface area contributed by atoms with Crippen LogP contribution in [0.15, 0.2) is 30.3 Å². The Balaban J connectivity index is 1.58. The van der Waals surface area contributed by atoms with E-state index in [2.05, 4.69) is 22.8 Å². The quantitative estimate of drug-likeness (QED) is 0.575. The van der Waals surface area contributed by atoms with Crippen LogP contribution in [0.25, 0.3) is 0 Å². The number of aliphatic hydroxyl groups excluding tert-OH is 2. The van der Waals surface area contributed by atoms with E-state index in [0.717, 1.165) is 13.0 Å². The summed E-state index contributed by atoms with van der Waals surface area (Å²) in [5.41, 5.74) is 1.24. The van der Waals surface area contributed by atoms with Crippen LogP contribution in [0.3, 0.4) is 0 Å². The minimum atomic E-state index is -0.637. The lowest BCUT2D eigenvalue weighted by Crippen LogP contribution is -2.50. The SMILES string of the molecule is O[C@@H]1[C@H](O)[C@@H]2N[C@H]1C[C@H]2NCc1ccccc1. The molecule has 92 valence electrons.